The van der Waals surface area contributed by atoms with Gasteiger partial charge in [-0.15, -0.1) is 6.58 Å². The first-order valence-electron chi connectivity index (χ1n) is 5.00. The monoisotopic (exact) mass is 265 g/mol. The molecule has 1 aromatic heterocycles. The van der Waals surface area contributed by atoms with Crippen molar-refractivity contribution in [3.8, 4) is 0 Å². The smallest absolute Gasteiger partial charge is 0.258 e. The van der Waals surface area contributed by atoms with Crippen molar-refractivity contribution < 1.29 is 4.79 Å². The quantitative estimate of drug-likeness (QED) is 0.724. The second kappa shape index (κ2) is 5.00. The predicted molar refractivity (Wildman–Crippen MR) is 70.1 cm³/mol. The number of amidine groups is 1. The van der Waals surface area contributed by atoms with E-state index in [1.165, 1.54) is 16.7 Å². The average molecular weight is 265 g/mol. The maximum Gasteiger partial charge on any atom is 0.258 e. The molecule has 18 heavy (non-hydrogen) atoms. The SMILES string of the molecule is C=CCN1C(=O)CS/C1=N\c1nc(N)nc(N)n1. The molecule has 0 bridgehead atoms. The van der Waals surface area contributed by atoms with E-state index in [2.05, 4.69) is 26.5 Å². The molecule has 1 saturated heterocycles. The zero-order valence-electron chi connectivity index (χ0n) is 9.41. The van der Waals surface area contributed by atoms with Gasteiger partial charge in [-0.3, -0.25) is 9.69 Å². The molecule has 0 radical (unpaired) electrons. The van der Waals surface area contributed by atoms with Crippen molar-refractivity contribution in [2.45, 2.75) is 0 Å². The first-order chi connectivity index (χ1) is 8.60. The summed E-state index contributed by atoms with van der Waals surface area (Å²) in [4.78, 5) is 28.5. The first kappa shape index (κ1) is 12.3. The molecule has 2 heterocycles. The van der Waals surface area contributed by atoms with E-state index in [9.17, 15) is 4.79 Å². The summed E-state index contributed by atoms with van der Waals surface area (Å²) in [5.41, 5.74) is 10.9. The molecule has 8 nitrogen and oxygen atoms in total. The molecule has 0 aromatic carbocycles. The van der Waals surface area contributed by atoms with Crippen molar-refractivity contribution >= 4 is 40.7 Å². The minimum absolute atomic E-state index is 0.00792. The van der Waals surface area contributed by atoms with Crippen molar-refractivity contribution in [1.82, 2.24) is 19.9 Å². The number of hydrogen-bond donors (Lipinski definition) is 2. The van der Waals surface area contributed by atoms with E-state index in [4.69, 9.17) is 11.5 Å². The van der Waals surface area contributed by atoms with Gasteiger partial charge in [-0.05, 0) is 0 Å². The van der Waals surface area contributed by atoms with E-state index >= 15 is 0 Å². The summed E-state index contributed by atoms with van der Waals surface area (Å²) < 4.78 is 0. The van der Waals surface area contributed by atoms with Crippen molar-refractivity contribution in [3.05, 3.63) is 12.7 Å². The van der Waals surface area contributed by atoms with Crippen molar-refractivity contribution in [2.75, 3.05) is 23.8 Å². The van der Waals surface area contributed by atoms with Crippen LogP contribution >= 0.6 is 11.8 Å². The van der Waals surface area contributed by atoms with Crippen molar-refractivity contribution in [2.24, 2.45) is 4.99 Å². The van der Waals surface area contributed by atoms with Crippen LogP contribution in [0.1, 0.15) is 0 Å². The number of thioether (sulfide) groups is 1. The molecule has 1 amide bonds. The van der Waals surface area contributed by atoms with Gasteiger partial charge < -0.3 is 11.5 Å². The Kier molecular flexibility index (Phi) is 3.42. The van der Waals surface area contributed by atoms with Crippen LogP contribution in [0.2, 0.25) is 0 Å². The van der Waals surface area contributed by atoms with E-state index in [1.807, 2.05) is 0 Å². The van der Waals surface area contributed by atoms with Crippen LogP contribution < -0.4 is 11.5 Å². The molecule has 2 rings (SSSR count). The molecule has 1 aliphatic heterocycles. The van der Waals surface area contributed by atoms with E-state index in [1.54, 1.807) is 6.08 Å². The molecule has 0 saturated carbocycles. The standard InChI is InChI=1S/C9H11N7OS/c1-2-3-16-5(17)4-18-9(16)15-8-13-6(10)12-7(11)14-8/h2H,1,3-4H2,(H4,10,11,12,13,14)/b15-9-. The van der Waals surface area contributed by atoms with Crippen LogP contribution in [0.15, 0.2) is 17.6 Å². The molecule has 0 spiro atoms. The number of rotatable bonds is 3. The van der Waals surface area contributed by atoms with Crippen LogP contribution in [0.5, 0.6) is 0 Å². The molecule has 1 aromatic rings. The lowest BCUT2D eigenvalue weighted by molar-refractivity contribution is -0.123. The number of nitrogens with two attached hydrogens (primary N) is 2. The van der Waals surface area contributed by atoms with E-state index < -0.39 is 0 Å². The number of carbonyl (C=O) groups excluding carboxylic acids is 1. The van der Waals surface area contributed by atoms with Crippen molar-refractivity contribution in [3.63, 3.8) is 0 Å². The second-order valence-corrected chi connectivity index (χ2v) is 4.27. The Morgan fingerprint density at radius 2 is 2.06 bits per heavy atom. The van der Waals surface area contributed by atoms with Gasteiger partial charge in [0.25, 0.3) is 5.95 Å². The summed E-state index contributed by atoms with van der Waals surface area (Å²) in [5.74, 6) is 0.376. The van der Waals surface area contributed by atoms with Gasteiger partial charge in [0.05, 0.1) is 5.75 Å². The minimum Gasteiger partial charge on any atom is -0.368 e. The second-order valence-electron chi connectivity index (χ2n) is 3.33. The third kappa shape index (κ3) is 2.56. The summed E-state index contributed by atoms with van der Waals surface area (Å²) in [7, 11) is 0. The molecular formula is C9H11N7OS. The lowest BCUT2D eigenvalue weighted by Crippen LogP contribution is -2.29. The summed E-state index contributed by atoms with van der Waals surface area (Å²) in [6, 6.07) is 0. The highest BCUT2D eigenvalue weighted by Gasteiger charge is 2.27. The average Bonchev–Trinajstić information content (AvgIpc) is 2.60. The number of carbonyl (C=O) groups is 1. The summed E-state index contributed by atoms with van der Waals surface area (Å²) >= 11 is 1.30. The molecule has 9 heteroatoms. The number of hydrogen-bond acceptors (Lipinski definition) is 8. The van der Waals surface area contributed by atoms with Crippen LogP contribution in [0, 0.1) is 0 Å². The van der Waals surface area contributed by atoms with Gasteiger partial charge in [0.15, 0.2) is 5.17 Å². The third-order valence-corrected chi connectivity index (χ3v) is 2.98. The molecule has 4 N–H and O–H groups in total. The first-order valence-corrected chi connectivity index (χ1v) is 5.98. The van der Waals surface area contributed by atoms with Crippen molar-refractivity contribution in [1.29, 1.82) is 0 Å². The van der Waals surface area contributed by atoms with Crippen LogP contribution in [0.4, 0.5) is 17.8 Å². The van der Waals surface area contributed by atoms with E-state index in [0.717, 1.165) is 0 Å². The van der Waals surface area contributed by atoms with E-state index in [0.29, 0.717) is 17.5 Å². The summed E-state index contributed by atoms with van der Waals surface area (Å²) in [6.07, 6.45) is 1.62. The summed E-state index contributed by atoms with van der Waals surface area (Å²) in [5, 5.41) is 0.505. The fourth-order valence-electron chi connectivity index (χ4n) is 1.32. The minimum atomic E-state index is -0.0337. The van der Waals surface area contributed by atoms with Gasteiger partial charge in [-0.2, -0.15) is 19.9 Å². The maximum absolute atomic E-state index is 11.6. The predicted octanol–water partition coefficient (Wildman–Crippen LogP) is -0.215. The van der Waals surface area contributed by atoms with Crippen LogP contribution in [-0.4, -0.2) is 43.2 Å². The Hall–Kier alpha value is -2.16. The number of anilines is 2. The molecule has 1 aliphatic rings. The number of aromatic nitrogens is 3. The zero-order chi connectivity index (χ0) is 13.1. The number of nitrogens with zero attached hydrogens (tertiary/aromatic N) is 5. The molecular weight excluding hydrogens is 254 g/mol. The normalized spacial score (nSPS) is 17.4. The molecule has 0 aliphatic carbocycles. The maximum atomic E-state index is 11.6. The number of amides is 1. The Morgan fingerprint density at radius 1 is 1.39 bits per heavy atom. The lowest BCUT2D eigenvalue weighted by Gasteiger charge is -2.12. The highest BCUT2D eigenvalue weighted by molar-refractivity contribution is 8.15. The van der Waals surface area contributed by atoms with E-state index in [-0.39, 0.29) is 23.8 Å². The fraction of sp³-hybridized carbons (Fsp3) is 0.222. The topological polar surface area (TPSA) is 123 Å². The van der Waals surface area contributed by atoms with Crippen LogP contribution in [0.25, 0.3) is 0 Å². The third-order valence-electron chi connectivity index (χ3n) is 2.02. The van der Waals surface area contributed by atoms with Gasteiger partial charge in [0, 0.05) is 6.54 Å². The Bertz CT molecular complexity index is 509. The molecule has 0 unspecified atom stereocenters. The fourth-order valence-corrected chi connectivity index (χ4v) is 2.21. The Balaban J connectivity index is 2.31. The van der Waals surface area contributed by atoms with Gasteiger partial charge in [-0.25, -0.2) is 0 Å². The zero-order valence-corrected chi connectivity index (χ0v) is 10.2. The highest BCUT2D eigenvalue weighted by atomic mass is 32.2. The molecule has 0 atom stereocenters. The molecule has 94 valence electrons. The Labute approximate surface area is 107 Å². The molecule has 1 fully saturated rings. The van der Waals surface area contributed by atoms with Gasteiger partial charge in [-0.1, -0.05) is 17.8 Å². The van der Waals surface area contributed by atoms with Gasteiger partial charge >= 0.3 is 0 Å². The highest BCUT2D eigenvalue weighted by Crippen LogP contribution is 2.22. The number of nitrogen functional groups attached to an aromatic ring is 2. The lowest BCUT2D eigenvalue weighted by atomic mass is 10.5. The largest absolute Gasteiger partial charge is 0.368 e. The number of aliphatic imine (C=N–C) groups is 1. The van der Waals surface area contributed by atoms with Crippen LogP contribution in [0.3, 0.4) is 0 Å². The summed E-state index contributed by atoms with van der Waals surface area (Å²) in [6.45, 7) is 3.98. The Morgan fingerprint density at radius 3 is 2.67 bits per heavy atom. The van der Waals surface area contributed by atoms with Crippen LogP contribution in [-0.2, 0) is 4.79 Å². The van der Waals surface area contributed by atoms with Gasteiger partial charge in [0.2, 0.25) is 17.8 Å². The van der Waals surface area contributed by atoms with Gasteiger partial charge in [0.1, 0.15) is 0 Å².